The largest absolute Gasteiger partial charge is 0.448 e. The molecule has 0 heterocycles. The van der Waals surface area contributed by atoms with Crippen molar-refractivity contribution in [2.24, 2.45) is 11.5 Å². The highest BCUT2D eigenvalue weighted by Gasteiger charge is 2.08. The van der Waals surface area contributed by atoms with E-state index in [0.29, 0.717) is 12.2 Å². The van der Waals surface area contributed by atoms with E-state index in [0.717, 1.165) is 0 Å². The van der Waals surface area contributed by atoms with Crippen LogP contribution in [0.25, 0.3) is 0 Å². The summed E-state index contributed by atoms with van der Waals surface area (Å²) in [6.45, 7) is 0.435. The van der Waals surface area contributed by atoms with Gasteiger partial charge < -0.3 is 27.3 Å². The molecular formula is C10H14N4O3. The van der Waals surface area contributed by atoms with Crippen LogP contribution in [0.2, 0.25) is 0 Å². The van der Waals surface area contributed by atoms with Gasteiger partial charge >= 0.3 is 6.09 Å². The molecule has 0 unspecified atom stereocenters. The molecule has 92 valence electrons. The number of hydrogen-bond donors (Lipinski definition) is 4. The number of primary amides is 2. The highest BCUT2D eigenvalue weighted by molar-refractivity contribution is 6.00. The van der Waals surface area contributed by atoms with E-state index in [2.05, 4.69) is 10.1 Å². The summed E-state index contributed by atoms with van der Waals surface area (Å²) in [5.41, 5.74) is 16.7. The average Bonchev–Trinajstić information content (AvgIpc) is 2.25. The minimum Gasteiger partial charge on any atom is -0.448 e. The first kappa shape index (κ1) is 12.6. The number of para-hydroxylation sites is 1. The average molecular weight is 238 g/mol. The molecule has 0 aliphatic carbocycles. The molecule has 1 rings (SSSR count). The summed E-state index contributed by atoms with van der Waals surface area (Å²) in [6.07, 6.45) is -0.842. The Labute approximate surface area is 97.9 Å². The van der Waals surface area contributed by atoms with Gasteiger partial charge in [0, 0.05) is 6.54 Å². The summed E-state index contributed by atoms with van der Waals surface area (Å²) in [4.78, 5) is 21.3. The summed E-state index contributed by atoms with van der Waals surface area (Å²) >= 11 is 0. The summed E-state index contributed by atoms with van der Waals surface area (Å²) in [6, 6.07) is 4.86. The normalized spacial score (nSPS) is 9.65. The van der Waals surface area contributed by atoms with Gasteiger partial charge in [0.15, 0.2) is 0 Å². The SMILES string of the molecule is NC(=O)OCCNc1cccc(C(N)=O)c1N. The predicted molar refractivity (Wildman–Crippen MR) is 63.4 cm³/mol. The Morgan fingerprint density at radius 1 is 1.29 bits per heavy atom. The highest BCUT2D eigenvalue weighted by Crippen LogP contribution is 2.21. The van der Waals surface area contributed by atoms with Gasteiger partial charge in [0.2, 0.25) is 0 Å². The lowest BCUT2D eigenvalue weighted by atomic mass is 10.1. The Morgan fingerprint density at radius 2 is 2.00 bits per heavy atom. The number of hydrogen-bond acceptors (Lipinski definition) is 5. The molecule has 0 aromatic heterocycles. The van der Waals surface area contributed by atoms with Crippen LogP contribution >= 0.6 is 0 Å². The molecule has 0 aliphatic rings. The van der Waals surface area contributed by atoms with Gasteiger partial charge in [0.25, 0.3) is 5.91 Å². The molecule has 0 saturated heterocycles. The molecule has 7 heteroatoms. The predicted octanol–water partition coefficient (Wildman–Crippen LogP) is -0.125. The van der Waals surface area contributed by atoms with Gasteiger partial charge in [-0.1, -0.05) is 6.07 Å². The molecule has 0 fully saturated rings. The summed E-state index contributed by atoms with van der Waals surface area (Å²) in [5, 5.41) is 2.90. The standard InChI is InChI=1S/C10H14N4O3/c11-8-6(9(12)15)2-1-3-7(8)14-4-5-17-10(13)16/h1-3,14H,4-5,11H2,(H2,12,15)(H2,13,16). The first-order valence-electron chi connectivity index (χ1n) is 4.86. The van der Waals surface area contributed by atoms with Crippen LogP contribution in [-0.4, -0.2) is 25.2 Å². The van der Waals surface area contributed by atoms with E-state index in [1.165, 1.54) is 6.07 Å². The van der Waals surface area contributed by atoms with Crippen LogP contribution in [0.3, 0.4) is 0 Å². The van der Waals surface area contributed by atoms with Gasteiger partial charge in [-0.2, -0.15) is 0 Å². The fourth-order valence-corrected chi connectivity index (χ4v) is 1.27. The number of nitrogens with one attached hydrogen (secondary N) is 1. The van der Waals surface area contributed by atoms with Gasteiger partial charge in [0.05, 0.1) is 16.9 Å². The second kappa shape index (κ2) is 5.59. The third-order valence-electron chi connectivity index (χ3n) is 2.03. The van der Waals surface area contributed by atoms with Crippen molar-refractivity contribution in [3.8, 4) is 0 Å². The maximum absolute atomic E-state index is 11.0. The summed E-state index contributed by atoms with van der Waals surface area (Å²) < 4.78 is 4.53. The van der Waals surface area contributed by atoms with Crippen LogP contribution in [0.1, 0.15) is 10.4 Å². The number of nitrogens with two attached hydrogens (primary N) is 3. The van der Waals surface area contributed by atoms with E-state index in [4.69, 9.17) is 17.2 Å². The Morgan fingerprint density at radius 3 is 2.59 bits per heavy atom. The molecule has 7 nitrogen and oxygen atoms in total. The van der Waals surface area contributed by atoms with E-state index in [-0.39, 0.29) is 17.9 Å². The van der Waals surface area contributed by atoms with Crippen molar-refractivity contribution >= 4 is 23.4 Å². The molecule has 0 radical (unpaired) electrons. The minimum atomic E-state index is -0.842. The Kier molecular flexibility index (Phi) is 4.15. The molecule has 17 heavy (non-hydrogen) atoms. The maximum atomic E-state index is 11.0. The fraction of sp³-hybridized carbons (Fsp3) is 0.200. The second-order valence-corrected chi connectivity index (χ2v) is 3.23. The van der Waals surface area contributed by atoms with Crippen LogP contribution in [-0.2, 0) is 4.74 Å². The number of ether oxygens (including phenoxy) is 1. The van der Waals surface area contributed by atoms with Crippen LogP contribution in [0, 0.1) is 0 Å². The van der Waals surface area contributed by atoms with Crippen molar-refractivity contribution in [1.29, 1.82) is 0 Å². The van der Waals surface area contributed by atoms with Crippen LogP contribution in [0.4, 0.5) is 16.2 Å². The van der Waals surface area contributed by atoms with E-state index in [1.807, 2.05) is 0 Å². The van der Waals surface area contributed by atoms with E-state index in [9.17, 15) is 9.59 Å². The third kappa shape index (κ3) is 3.56. The molecule has 1 aromatic carbocycles. The third-order valence-corrected chi connectivity index (χ3v) is 2.03. The lowest BCUT2D eigenvalue weighted by Gasteiger charge is -2.11. The van der Waals surface area contributed by atoms with Gasteiger partial charge in [-0.3, -0.25) is 4.79 Å². The minimum absolute atomic E-state index is 0.107. The van der Waals surface area contributed by atoms with Gasteiger partial charge in [-0.25, -0.2) is 4.79 Å². The van der Waals surface area contributed by atoms with Crippen molar-refractivity contribution in [3.05, 3.63) is 23.8 Å². The van der Waals surface area contributed by atoms with Crippen LogP contribution in [0.5, 0.6) is 0 Å². The number of benzene rings is 1. The van der Waals surface area contributed by atoms with Crippen LogP contribution in [0.15, 0.2) is 18.2 Å². The Bertz CT molecular complexity index is 434. The first-order chi connectivity index (χ1) is 8.02. The number of carbonyl (C=O) groups excluding carboxylic acids is 2. The first-order valence-corrected chi connectivity index (χ1v) is 4.86. The molecule has 0 spiro atoms. The monoisotopic (exact) mass is 238 g/mol. The molecule has 7 N–H and O–H groups in total. The zero-order valence-corrected chi connectivity index (χ0v) is 9.10. The summed E-state index contributed by atoms with van der Waals surface area (Å²) in [7, 11) is 0. The molecule has 2 amide bonds. The molecule has 0 atom stereocenters. The lowest BCUT2D eigenvalue weighted by Crippen LogP contribution is -2.19. The number of rotatable bonds is 5. The number of carbonyl (C=O) groups is 2. The van der Waals surface area contributed by atoms with Crippen LogP contribution < -0.4 is 22.5 Å². The van der Waals surface area contributed by atoms with Crippen molar-refractivity contribution in [1.82, 2.24) is 0 Å². The maximum Gasteiger partial charge on any atom is 0.404 e. The van der Waals surface area contributed by atoms with E-state index < -0.39 is 12.0 Å². The Balaban J connectivity index is 2.62. The summed E-state index contributed by atoms with van der Waals surface area (Å²) in [5.74, 6) is -0.598. The van der Waals surface area contributed by atoms with Crippen molar-refractivity contribution in [2.75, 3.05) is 24.2 Å². The number of nitrogen functional groups attached to an aromatic ring is 1. The second-order valence-electron chi connectivity index (χ2n) is 3.23. The van der Waals surface area contributed by atoms with Gasteiger partial charge in [-0.15, -0.1) is 0 Å². The highest BCUT2D eigenvalue weighted by atomic mass is 16.5. The van der Waals surface area contributed by atoms with Crippen molar-refractivity contribution in [2.45, 2.75) is 0 Å². The lowest BCUT2D eigenvalue weighted by molar-refractivity contribution is 0.100. The van der Waals surface area contributed by atoms with E-state index >= 15 is 0 Å². The fourth-order valence-electron chi connectivity index (χ4n) is 1.27. The van der Waals surface area contributed by atoms with Gasteiger partial charge in [-0.05, 0) is 12.1 Å². The smallest absolute Gasteiger partial charge is 0.404 e. The van der Waals surface area contributed by atoms with Gasteiger partial charge in [0.1, 0.15) is 6.61 Å². The zero-order valence-electron chi connectivity index (χ0n) is 9.10. The molecule has 0 saturated carbocycles. The number of amides is 2. The molecular weight excluding hydrogens is 224 g/mol. The van der Waals surface area contributed by atoms with Crippen molar-refractivity contribution < 1.29 is 14.3 Å². The number of anilines is 2. The molecule has 0 aliphatic heterocycles. The van der Waals surface area contributed by atoms with E-state index in [1.54, 1.807) is 12.1 Å². The molecule has 1 aromatic rings. The Hall–Kier alpha value is -2.44. The van der Waals surface area contributed by atoms with Crippen molar-refractivity contribution in [3.63, 3.8) is 0 Å². The topological polar surface area (TPSA) is 133 Å². The quantitative estimate of drug-likeness (QED) is 0.419. The molecule has 0 bridgehead atoms. The zero-order chi connectivity index (χ0) is 12.8.